The van der Waals surface area contributed by atoms with Gasteiger partial charge in [-0.1, -0.05) is 25.1 Å². The van der Waals surface area contributed by atoms with Crippen molar-refractivity contribution < 1.29 is 27.9 Å². The summed E-state index contributed by atoms with van der Waals surface area (Å²) in [6.45, 7) is 2.32. The Kier molecular flexibility index (Phi) is 5.51. The number of halogens is 3. The Morgan fingerprint density at radius 1 is 1.38 bits per heavy atom. The lowest BCUT2D eigenvalue weighted by molar-refractivity contribution is -0.146. The number of hydrogen-bond acceptors (Lipinski definition) is 2. The zero-order valence-electron chi connectivity index (χ0n) is 13.3. The Bertz CT molecular complexity index is 615. The van der Waals surface area contributed by atoms with Crippen molar-refractivity contribution in [2.24, 2.45) is 11.8 Å². The van der Waals surface area contributed by atoms with Gasteiger partial charge in [-0.3, -0.25) is 9.59 Å². The molecule has 1 aromatic rings. The molecule has 1 aliphatic heterocycles. The number of carbonyl (C=O) groups is 2. The predicted molar refractivity (Wildman–Crippen MR) is 81.3 cm³/mol. The van der Waals surface area contributed by atoms with Gasteiger partial charge >= 0.3 is 12.1 Å². The molecule has 2 rings (SSSR count). The van der Waals surface area contributed by atoms with Gasteiger partial charge in [0, 0.05) is 19.0 Å². The molecule has 1 N–H and O–H groups in total. The number of likely N-dealkylation sites (tertiary alicyclic amines) is 1. The molecule has 4 nitrogen and oxygen atoms in total. The zero-order chi connectivity index (χ0) is 17.9. The van der Waals surface area contributed by atoms with Crippen LogP contribution in [-0.4, -0.2) is 35.0 Å². The normalized spacial score (nSPS) is 19.8. The standard InChI is InChI=1S/C17H20F3NO3/c1-11(8-12-4-2-6-14(9-12)17(18,19)20)15(22)21-7-3-5-13(10-21)16(23)24/h2,4,6,9,11,13H,3,5,7-8,10H2,1H3,(H,23,24)/t11?,13-/m0/s1. The van der Waals surface area contributed by atoms with E-state index in [1.54, 1.807) is 13.0 Å². The van der Waals surface area contributed by atoms with Crippen molar-refractivity contribution in [2.75, 3.05) is 13.1 Å². The molecule has 1 saturated heterocycles. The molecule has 0 saturated carbocycles. The Morgan fingerprint density at radius 3 is 2.71 bits per heavy atom. The molecular formula is C17H20F3NO3. The summed E-state index contributed by atoms with van der Waals surface area (Å²) in [6.07, 6.45) is -3.05. The Balaban J connectivity index is 2.02. The summed E-state index contributed by atoms with van der Waals surface area (Å²) in [6, 6.07) is 4.95. The highest BCUT2D eigenvalue weighted by Gasteiger charge is 2.32. The Labute approximate surface area is 138 Å². The van der Waals surface area contributed by atoms with E-state index in [0.29, 0.717) is 24.9 Å². The van der Waals surface area contributed by atoms with Crippen LogP contribution in [0.1, 0.15) is 30.9 Å². The monoisotopic (exact) mass is 343 g/mol. The number of nitrogens with zero attached hydrogens (tertiary/aromatic N) is 1. The van der Waals surface area contributed by atoms with Crippen molar-refractivity contribution in [3.05, 3.63) is 35.4 Å². The number of rotatable bonds is 4. The summed E-state index contributed by atoms with van der Waals surface area (Å²) in [5.41, 5.74) is -0.291. The van der Waals surface area contributed by atoms with E-state index in [9.17, 15) is 22.8 Å². The van der Waals surface area contributed by atoms with E-state index in [-0.39, 0.29) is 18.9 Å². The van der Waals surface area contributed by atoms with Crippen molar-refractivity contribution in [1.82, 2.24) is 4.90 Å². The molecule has 1 aliphatic rings. The van der Waals surface area contributed by atoms with Crippen LogP contribution in [0.4, 0.5) is 13.2 Å². The lowest BCUT2D eigenvalue weighted by Gasteiger charge is -2.32. The molecule has 7 heteroatoms. The smallest absolute Gasteiger partial charge is 0.416 e. The van der Waals surface area contributed by atoms with Gasteiger partial charge in [0.05, 0.1) is 11.5 Å². The van der Waals surface area contributed by atoms with Gasteiger partial charge in [-0.25, -0.2) is 0 Å². The molecule has 0 aromatic heterocycles. The highest BCUT2D eigenvalue weighted by molar-refractivity contribution is 5.80. The van der Waals surface area contributed by atoms with Gasteiger partial charge in [0.1, 0.15) is 0 Å². The molecule has 1 amide bonds. The highest BCUT2D eigenvalue weighted by atomic mass is 19.4. The summed E-state index contributed by atoms with van der Waals surface area (Å²) in [4.78, 5) is 25.0. The quantitative estimate of drug-likeness (QED) is 0.913. The van der Waals surface area contributed by atoms with Crippen LogP contribution in [0.3, 0.4) is 0 Å². The van der Waals surface area contributed by atoms with Crippen LogP contribution in [0.5, 0.6) is 0 Å². The highest BCUT2D eigenvalue weighted by Crippen LogP contribution is 2.30. The van der Waals surface area contributed by atoms with E-state index in [4.69, 9.17) is 5.11 Å². The first-order valence-corrected chi connectivity index (χ1v) is 7.86. The minimum Gasteiger partial charge on any atom is -0.481 e. The number of amides is 1. The maximum absolute atomic E-state index is 12.7. The average Bonchev–Trinajstić information content (AvgIpc) is 2.53. The van der Waals surface area contributed by atoms with Gasteiger partial charge < -0.3 is 10.0 Å². The van der Waals surface area contributed by atoms with Crippen molar-refractivity contribution in [1.29, 1.82) is 0 Å². The minimum atomic E-state index is -4.41. The SMILES string of the molecule is CC(Cc1cccc(C(F)(F)F)c1)C(=O)N1CCC[C@H](C(=O)O)C1. The van der Waals surface area contributed by atoms with Crippen LogP contribution in [0.25, 0.3) is 0 Å². The van der Waals surface area contributed by atoms with Crippen molar-refractivity contribution >= 4 is 11.9 Å². The minimum absolute atomic E-state index is 0.168. The first kappa shape index (κ1) is 18.3. The van der Waals surface area contributed by atoms with Crippen LogP contribution in [0.15, 0.2) is 24.3 Å². The van der Waals surface area contributed by atoms with E-state index in [1.165, 1.54) is 11.0 Å². The van der Waals surface area contributed by atoms with Gasteiger partial charge in [-0.15, -0.1) is 0 Å². The topological polar surface area (TPSA) is 57.6 Å². The lowest BCUT2D eigenvalue weighted by atomic mass is 9.94. The number of piperidine rings is 1. The van der Waals surface area contributed by atoms with Crippen molar-refractivity contribution in [3.8, 4) is 0 Å². The van der Waals surface area contributed by atoms with E-state index in [0.717, 1.165) is 12.1 Å². The molecule has 2 atom stereocenters. The van der Waals surface area contributed by atoms with Gasteiger partial charge in [-0.2, -0.15) is 13.2 Å². The van der Waals surface area contributed by atoms with Crippen LogP contribution < -0.4 is 0 Å². The molecule has 1 fully saturated rings. The number of benzene rings is 1. The molecule has 132 valence electrons. The Morgan fingerprint density at radius 2 is 2.08 bits per heavy atom. The molecule has 24 heavy (non-hydrogen) atoms. The van der Waals surface area contributed by atoms with E-state index in [1.807, 2.05) is 0 Å². The van der Waals surface area contributed by atoms with Crippen molar-refractivity contribution in [3.63, 3.8) is 0 Å². The molecule has 0 bridgehead atoms. The summed E-state index contributed by atoms with van der Waals surface area (Å²) < 4.78 is 38.2. The molecule has 1 unspecified atom stereocenters. The maximum atomic E-state index is 12.7. The van der Waals surface area contributed by atoms with Crippen LogP contribution in [0, 0.1) is 11.8 Å². The van der Waals surface area contributed by atoms with Gasteiger partial charge in [-0.05, 0) is 30.9 Å². The molecule has 1 heterocycles. The van der Waals surface area contributed by atoms with Crippen molar-refractivity contribution in [2.45, 2.75) is 32.4 Å². The fraction of sp³-hybridized carbons (Fsp3) is 0.529. The third-order valence-corrected chi connectivity index (χ3v) is 4.30. The fourth-order valence-corrected chi connectivity index (χ4v) is 3.01. The second kappa shape index (κ2) is 7.23. The second-order valence-electron chi connectivity index (χ2n) is 6.26. The molecule has 0 aliphatic carbocycles. The fourth-order valence-electron chi connectivity index (χ4n) is 3.01. The molecular weight excluding hydrogens is 323 g/mol. The number of hydrogen-bond donors (Lipinski definition) is 1. The predicted octanol–water partition coefficient (Wildman–Crippen LogP) is 3.21. The summed E-state index contributed by atoms with van der Waals surface area (Å²) >= 11 is 0. The van der Waals surface area contributed by atoms with Crippen LogP contribution in [0.2, 0.25) is 0 Å². The molecule has 0 radical (unpaired) electrons. The number of aliphatic carboxylic acids is 1. The third-order valence-electron chi connectivity index (χ3n) is 4.30. The van der Waals surface area contributed by atoms with Gasteiger partial charge in [0.15, 0.2) is 0 Å². The largest absolute Gasteiger partial charge is 0.481 e. The maximum Gasteiger partial charge on any atom is 0.416 e. The van der Waals surface area contributed by atoms with Gasteiger partial charge in [0.2, 0.25) is 5.91 Å². The molecule has 0 spiro atoms. The zero-order valence-corrected chi connectivity index (χ0v) is 13.3. The lowest BCUT2D eigenvalue weighted by Crippen LogP contribution is -2.44. The summed E-state index contributed by atoms with van der Waals surface area (Å²) in [7, 11) is 0. The number of carboxylic acids is 1. The number of carboxylic acid groups (broad SMARTS) is 1. The second-order valence-corrected chi connectivity index (χ2v) is 6.26. The molecule has 1 aromatic carbocycles. The van der Waals surface area contributed by atoms with E-state index < -0.39 is 29.5 Å². The first-order valence-electron chi connectivity index (χ1n) is 7.86. The average molecular weight is 343 g/mol. The third kappa shape index (κ3) is 4.49. The Hall–Kier alpha value is -2.05. The van der Waals surface area contributed by atoms with Crippen LogP contribution >= 0.6 is 0 Å². The van der Waals surface area contributed by atoms with E-state index >= 15 is 0 Å². The van der Waals surface area contributed by atoms with Crippen LogP contribution in [-0.2, 0) is 22.2 Å². The van der Waals surface area contributed by atoms with E-state index in [2.05, 4.69) is 0 Å². The summed E-state index contributed by atoms with van der Waals surface area (Å²) in [5, 5.41) is 9.07. The summed E-state index contributed by atoms with van der Waals surface area (Å²) in [5.74, 6) is -2.19. The van der Waals surface area contributed by atoms with Gasteiger partial charge in [0.25, 0.3) is 0 Å². The number of carbonyl (C=O) groups excluding carboxylic acids is 1. The first-order chi connectivity index (χ1) is 11.2. The number of alkyl halides is 3.